The van der Waals surface area contributed by atoms with E-state index < -0.39 is 11.6 Å². The van der Waals surface area contributed by atoms with E-state index in [9.17, 15) is 8.78 Å². The van der Waals surface area contributed by atoms with Crippen LogP contribution in [0.15, 0.2) is 24.3 Å². The number of aromatic nitrogens is 2. The number of rotatable bonds is 6. The minimum absolute atomic E-state index is 0.0511. The molecule has 0 aliphatic carbocycles. The van der Waals surface area contributed by atoms with Crippen LogP contribution in [0.2, 0.25) is 0 Å². The van der Waals surface area contributed by atoms with E-state index in [1.807, 2.05) is 24.6 Å². The van der Waals surface area contributed by atoms with Crippen molar-refractivity contribution in [2.75, 3.05) is 25.0 Å². The van der Waals surface area contributed by atoms with Crippen molar-refractivity contribution in [1.82, 2.24) is 15.1 Å². The molecule has 0 radical (unpaired) electrons. The second kappa shape index (κ2) is 7.17. The van der Waals surface area contributed by atoms with Gasteiger partial charge in [-0.2, -0.15) is 5.10 Å². The third-order valence-electron chi connectivity index (χ3n) is 4.04. The number of hydrogen-bond donors (Lipinski definition) is 2. The highest BCUT2D eigenvalue weighted by atomic mass is 19.1. The topological polar surface area (TPSA) is 51.1 Å². The highest BCUT2D eigenvalue weighted by Gasteiger charge is 2.19. The lowest BCUT2D eigenvalue weighted by Crippen LogP contribution is -2.40. The number of anilines is 1. The quantitative estimate of drug-likeness (QED) is 0.851. The van der Waals surface area contributed by atoms with E-state index in [4.69, 9.17) is 4.74 Å². The van der Waals surface area contributed by atoms with Gasteiger partial charge in [0.05, 0.1) is 5.69 Å². The third-order valence-corrected chi connectivity index (χ3v) is 4.04. The minimum Gasteiger partial charge on any atom is -0.489 e. The predicted octanol–water partition coefficient (Wildman–Crippen LogP) is 2.57. The van der Waals surface area contributed by atoms with Crippen molar-refractivity contribution in [3.05, 3.63) is 41.6 Å². The van der Waals surface area contributed by atoms with Gasteiger partial charge in [-0.3, -0.25) is 0 Å². The molecule has 5 nitrogen and oxygen atoms in total. The molecule has 7 heteroatoms. The Kier molecular flexibility index (Phi) is 4.99. The number of halogens is 2. The van der Waals surface area contributed by atoms with E-state index in [2.05, 4.69) is 15.7 Å². The Balaban J connectivity index is 1.43. The first-order chi connectivity index (χ1) is 11.5. The predicted molar refractivity (Wildman–Crippen MR) is 88.3 cm³/mol. The molecule has 0 amide bonds. The number of hydrogen-bond acceptors (Lipinski definition) is 4. The smallest absolute Gasteiger partial charge is 0.167 e. The fourth-order valence-corrected chi connectivity index (χ4v) is 2.76. The Bertz CT molecular complexity index is 704. The summed E-state index contributed by atoms with van der Waals surface area (Å²) in [4.78, 5) is 0. The monoisotopic (exact) mass is 336 g/mol. The van der Waals surface area contributed by atoms with Crippen LogP contribution < -0.4 is 15.4 Å². The van der Waals surface area contributed by atoms with Crippen molar-refractivity contribution >= 4 is 5.82 Å². The first-order valence-corrected chi connectivity index (χ1v) is 8.11. The molecule has 0 spiro atoms. The molecule has 0 fully saturated rings. The van der Waals surface area contributed by atoms with E-state index in [0.717, 1.165) is 37.2 Å². The van der Waals surface area contributed by atoms with Crippen molar-refractivity contribution in [2.24, 2.45) is 5.92 Å². The Morgan fingerprint density at radius 3 is 3.04 bits per heavy atom. The average molecular weight is 336 g/mol. The first-order valence-electron chi connectivity index (χ1n) is 8.11. The lowest BCUT2D eigenvalue weighted by molar-refractivity contribution is 0.252. The molecule has 0 saturated heterocycles. The Hall–Kier alpha value is -2.15. The summed E-state index contributed by atoms with van der Waals surface area (Å²) >= 11 is 0. The molecular formula is C17H22F2N4O. The molecule has 1 aromatic heterocycles. The first kappa shape index (κ1) is 16.7. The maximum absolute atomic E-state index is 13.5. The molecule has 24 heavy (non-hydrogen) atoms. The van der Waals surface area contributed by atoms with Gasteiger partial charge in [0.1, 0.15) is 18.2 Å². The van der Waals surface area contributed by atoms with Gasteiger partial charge in [0, 0.05) is 43.7 Å². The minimum atomic E-state index is -0.680. The van der Waals surface area contributed by atoms with Crippen molar-refractivity contribution < 1.29 is 13.5 Å². The number of fused-ring (bicyclic) bond motifs is 1. The second-order valence-corrected chi connectivity index (χ2v) is 6.30. The molecule has 1 aliphatic heterocycles. The highest BCUT2D eigenvalue weighted by Crippen LogP contribution is 2.19. The van der Waals surface area contributed by atoms with Crippen LogP contribution in [0, 0.1) is 24.5 Å². The SMILES string of the molecule is Cc1cc2n(n1)C[C@@H](CN[C@@H](C)COc1ccc(F)cc1F)CN2. The molecule has 2 N–H and O–H groups in total. The van der Waals surface area contributed by atoms with Gasteiger partial charge in [-0.05, 0) is 26.0 Å². The summed E-state index contributed by atoms with van der Waals surface area (Å²) in [6.07, 6.45) is 0. The molecule has 0 saturated carbocycles. The maximum atomic E-state index is 13.5. The molecule has 2 aromatic rings. The number of ether oxygens (including phenoxy) is 1. The summed E-state index contributed by atoms with van der Waals surface area (Å²) < 4.78 is 33.8. The molecular weight excluding hydrogens is 314 g/mol. The summed E-state index contributed by atoms with van der Waals surface area (Å²) in [5.41, 5.74) is 1.01. The zero-order valence-electron chi connectivity index (χ0n) is 13.9. The molecule has 3 rings (SSSR count). The number of nitrogens with zero attached hydrogens (tertiary/aromatic N) is 2. The molecule has 2 atom stereocenters. The standard InChI is InChI=1S/C17H22F2N4O/c1-11-5-17-21-8-13(9-23(17)22-11)7-20-12(2)10-24-16-4-3-14(18)6-15(16)19/h3-6,12-13,20-21H,7-10H2,1-2H3/t12-,13-/m0/s1. The Labute approximate surface area is 140 Å². The maximum Gasteiger partial charge on any atom is 0.167 e. The molecule has 2 heterocycles. The van der Waals surface area contributed by atoms with E-state index in [1.54, 1.807) is 0 Å². The van der Waals surface area contributed by atoms with Crippen LogP contribution in [0.25, 0.3) is 0 Å². The highest BCUT2D eigenvalue weighted by molar-refractivity contribution is 5.38. The lowest BCUT2D eigenvalue weighted by atomic mass is 10.1. The van der Waals surface area contributed by atoms with Crippen LogP contribution in [-0.4, -0.2) is 35.5 Å². The summed E-state index contributed by atoms with van der Waals surface area (Å²) in [6, 6.07) is 5.41. The molecule has 130 valence electrons. The van der Waals surface area contributed by atoms with Crippen molar-refractivity contribution in [3.8, 4) is 5.75 Å². The fraction of sp³-hybridized carbons (Fsp3) is 0.471. The van der Waals surface area contributed by atoms with Gasteiger partial charge >= 0.3 is 0 Å². The largest absolute Gasteiger partial charge is 0.489 e. The van der Waals surface area contributed by atoms with Crippen LogP contribution in [-0.2, 0) is 6.54 Å². The normalized spacial score (nSPS) is 17.9. The van der Waals surface area contributed by atoms with Crippen LogP contribution in [0.5, 0.6) is 5.75 Å². The zero-order valence-corrected chi connectivity index (χ0v) is 13.9. The van der Waals surface area contributed by atoms with Crippen LogP contribution in [0.3, 0.4) is 0 Å². The Morgan fingerprint density at radius 2 is 2.25 bits per heavy atom. The molecule has 0 unspecified atom stereocenters. The summed E-state index contributed by atoms with van der Waals surface area (Å²) in [6.45, 7) is 6.83. The van der Waals surface area contributed by atoms with Crippen molar-refractivity contribution in [3.63, 3.8) is 0 Å². The van der Waals surface area contributed by atoms with Gasteiger partial charge in [-0.1, -0.05) is 0 Å². The van der Waals surface area contributed by atoms with E-state index in [0.29, 0.717) is 12.5 Å². The zero-order chi connectivity index (χ0) is 17.1. The van der Waals surface area contributed by atoms with Gasteiger partial charge in [0.15, 0.2) is 11.6 Å². The number of aryl methyl sites for hydroxylation is 1. The third kappa shape index (κ3) is 4.03. The van der Waals surface area contributed by atoms with E-state index in [1.165, 1.54) is 12.1 Å². The lowest BCUT2D eigenvalue weighted by Gasteiger charge is -2.26. The summed E-state index contributed by atoms with van der Waals surface area (Å²) in [5.74, 6) is 0.263. The van der Waals surface area contributed by atoms with Gasteiger partial charge in [0.25, 0.3) is 0 Å². The molecule has 1 aromatic carbocycles. The van der Waals surface area contributed by atoms with Gasteiger partial charge in [0.2, 0.25) is 0 Å². The average Bonchev–Trinajstić information content (AvgIpc) is 2.91. The number of nitrogens with one attached hydrogen (secondary N) is 2. The second-order valence-electron chi connectivity index (χ2n) is 6.30. The summed E-state index contributed by atoms with van der Waals surface area (Å²) in [5, 5.41) is 11.2. The molecule has 1 aliphatic rings. The van der Waals surface area contributed by atoms with E-state index in [-0.39, 0.29) is 11.8 Å². The van der Waals surface area contributed by atoms with E-state index >= 15 is 0 Å². The Morgan fingerprint density at radius 1 is 1.42 bits per heavy atom. The number of benzene rings is 1. The van der Waals surface area contributed by atoms with Crippen LogP contribution >= 0.6 is 0 Å². The van der Waals surface area contributed by atoms with Crippen molar-refractivity contribution in [2.45, 2.75) is 26.4 Å². The van der Waals surface area contributed by atoms with Crippen LogP contribution in [0.4, 0.5) is 14.6 Å². The van der Waals surface area contributed by atoms with Crippen LogP contribution in [0.1, 0.15) is 12.6 Å². The van der Waals surface area contributed by atoms with Gasteiger partial charge < -0.3 is 15.4 Å². The molecule has 0 bridgehead atoms. The summed E-state index contributed by atoms with van der Waals surface area (Å²) in [7, 11) is 0. The fourth-order valence-electron chi connectivity index (χ4n) is 2.76. The van der Waals surface area contributed by atoms with Gasteiger partial charge in [-0.25, -0.2) is 13.5 Å². The van der Waals surface area contributed by atoms with Crippen molar-refractivity contribution in [1.29, 1.82) is 0 Å². The van der Waals surface area contributed by atoms with Gasteiger partial charge in [-0.15, -0.1) is 0 Å².